The van der Waals surface area contributed by atoms with Gasteiger partial charge in [0.1, 0.15) is 0 Å². The SMILES string of the molecule is CNC(C)CNS(=O)(=O)N1CCCC1. The van der Waals surface area contributed by atoms with Crippen molar-refractivity contribution in [2.24, 2.45) is 0 Å². The van der Waals surface area contributed by atoms with E-state index < -0.39 is 10.2 Å². The molecule has 0 saturated carbocycles. The van der Waals surface area contributed by atoms with Gasteiger partial charge in [-0.2, -0.15) is 12.7 Å². The molecule has 0 aliphatic carbocycles. The second kappa shape index (κ2) is 5.06. The Morgan fingerprint density at radius 1 is 1.36 bits per heavy atom. The Balaban J connectivity index is 2.41. The summed E-state index contributed by atoms with van der Waals surface area (Å²) in [4.78, 5) is 0. The average Bonchev–Trinajstić information content (AvgIpc) is 2.67. The van der Waals surface area contributed by atoms with Gasteiger partial charge in [0.15, 0.2) is 0 Å². The van der Waals surface area contributed by atoms with Crippen LogP contribution in [0.1, 0.15) is 19.8 Å². The van der Waals surface area contributed by atoms with Gasteiger partial charge in [-0.15, -0.1) is 0 Å². The van der Waals surface area contributed by atoms with Crippen LogP contribution in [0.4, 0.5) is 0 Å². The van der Waals surface area contributed by atoms with E-state index >= 15 is 0 Å². The van der Waals surface area contributed by atoms with Gasteiger partial charge in [-0.25, -0.2) is 4.72 Å². The van der Waals surface area contributed by atoms with Crippen LogP contribution in [0.25, 0.3) is 0 Å². The molecular formula is C8H19N3O2S. The highest BCUT2D eigenvalue weighted by Crippen LogP contribution is 2.10. The molecule has 0 aromatic heterocycles. The van der Waals surface area contributed by atoms with Gasteiger partial charge in [0, 0.05) is 25.7 Å². The van der Waals surface area contributed by atoms with E-state index in [0.29, 0.717) is 19.6 Å². The lowest BCUT2D eigenvalue weighted by atomic mass is 10.4. The van der Waals surface area contributed by atoms with Crippen molar-refractivity contribution in [1.29, 1.82) is 0 Å². The van der Waals surface area contributed by atoms with Crippen molar-refractivity contribution in [2.75, 3.05) is 26.7 Å². The Morgan fingerprint density at radius 2 is 1.93 bits per heavy atom. The molecule has 2 N–H and O–H groups in total. The van der Waals surface area contributed by atoms with Crippen molar-refractivity contribution >= 4 is 10.2 Å². The average molecular weight is 221 g/mol. The predicted octanol–water partition coefficient (Wildman–Crippen LogP) is -0.475. The van der Waals surface area contributed by atoms with E-state index in [2.05, 4.69) is 10.0 Å². The number of nitrogens with zero attached hydrogens (tertiary/aromatic N) is 1. The topological polar surface area (TPSA) is 61.4 Å². The highest BCUT2D eigenvalue weighted by molar-refractivity contribution is 7.87. The summed E-state index contributed by atoms with van der Waals surface area (Å²) in [6.45, 7) is 3.69. The van der Waals surface area contributed by atoms with E-state index in [9.17, 15) is 8.42 Å². The molecule has 1 saturated heterocycles. The third-order valence-corrected chi connectivity index (χ3v) is 4.05. The number of nitrogens with one attached hydrogen (secondary N) is 2. The first-order valence-electron chi connectivity index (χ1n) is 4.98. The molecule has 0 radical (unpaired) electrons. The molecule has 1 fully saturated rings. The molecule has 5 nitrogen and oxygen atoms in total. The number of rotatable bonds is 5. The van der Waals surface area contributed by atoms with Crippen LogP contribution in [0.5, 0.6) is 0 Å². The van der Waals surface area contributed by atoms with Crippen LogP contribution < -0.4 is 10.0 Å². The van der Waals surface area contributed by atoms with Crippen molar-refractivity contribution in [3.8, 4) is 0 Å². The van der Waals surface area contributed by atoms with Crippen molar-refractivity contribution < 1.29 is 8.42 Å². The standard InChI is InChI=1S/C8H19N3O2S/c1-8(9-2)7-10-14(12,13)11-5-3-4-6-11/h8-10H,3-7H2,1-2H3. The summed E-state index contributed by atoms with van der Waals surface area (Å²) in [6, 6.07) is 0.160. The molecule has 0 spiro atoms. The Morgan fingerprint density at radius 3 is 2.43 bits per heavy atom. The smallest absolute Gasteiger partial charge is 0.279 e. The summed E-state index contributed by atoms with van der Waals surface area (Å²) < 4.78 is 27.4. The fourth-order valence-corrected chi connectivity index (χ4v) is 2.73. The van der Waals surface area contributed by atoms with Gasteiger partial charge in [-0.1, -0.05) is 0 Å². The summed E-state index contributed by atoms with van der Waals surface area (Å²) in [5, 5.41) is 2.98. The second-order valence-corrected chi connectivity index (χ2v) is 5.40. The predicted molar refractivity (Wildman–Crippen MR) is 56.3 cm³/mol. The van der Waals surface area contributed by atoms with E-state index in [1.54, 1.807) is 0 Å². The quantitative estimate of drug-likeness (QED) is 0.659. The van der Waals surface area contributed by atoms with Gasteiger partial charge in [-0.05, 0) is 26.8 Å². The summed E-state index contributed by atoms with van der Waals surface area (Å²) in [5.74, 6) is 0. The van der Waals surface area contributed by atoms with Gasteiger partial charge >= 0.3 is 0 Å². The Kier molecular flexibility index (Phi) is 4.31. The van der Waals surface area contributed by atoms with E-state index in [-0.39, 0.29) is 6.04 Å². The highest BCUT2D eigenvalue weighted by atomic mass is 32.2. The lowest BCUT2D eigenvalue weighted by Crippen LogP contribution is -2.44. The lowest BCUT2D eigenvalue weighted by molar-refractivity contribution is 0.458. The van der Waals surface area contributed by atoms with Gasteiger partial charge in [-0.3, -0.25) is 0 Å². The molecule has 1 rings (SSSR count). The molecule has 84 valence electrons. The maximum Gasteiger partial charge on any atom is 0.279 e. The summed E-state index contributed by atoms with van der Waals surface area (Å²) in [6.07, 6.45) is 1.95. The van der Waals surface area contributed by atoms with Gasteiger partial charge in [0.05, 0.1) is 0 Å². The molecule has 14 heavy (non-hydrogen) atoms. The fourth-order valence-electron chi connectivity index (χ4n) is 1.35. The van der Waals surface area contributed by atoms with Crippen LogP contribution in [0.2, 0.25) is 0 Å². The third-order valence-electron chi connectivity index (χ3n) is 2.47. The van der Waals surface area contributed by atoms with E-state index in [1.807, 2.05) is 14.0 Å². The normalized spacial score (nSPS) is 21.3. The number of likely N-dealkylation sites (N-methyl/N-ethyl adjacent to an activating group) is 1. The first kappa shape index (κ1) is 11.9. The summed E-state index contributed by atoms with van der Waals surface area (Å²) in [7, 11) is -1.41. The van der Waals surface area contributed by atoms with Gasteiger partial charge in [0.2, 0.25) is 0 Å². The zero-order valence-electron chi connectivity index (χ0n) is 8.78. The second-order valence-electron chi connectivity index (χ2n) is 3.65. The lowest BCUT2D eigenvalue weighted by Gasteiger charge is -2.18. The monoisotopic (exact) mass is 221 g/mol. The summed E-state index contributed by atoms with van der Waals surface area (Å²) >= 11 is 0. The molecule has 0 aromatic rings. The molecule has 6 heteroatoms. The Bertz CT molecular complexity index is 260. The van der Waals surface area contributed by atoms with Crippen LogP contribution in [0, 0.1) is 0 Å². The maximum absolute atomic E-state index is 11.6. The number of hydrogen-bond acceptors (Lipinski definition) is 3. The van der Waals surface area contributed by atoms with E-state index in [1.165, 1.54) is 4.31 Å². The molecule has 1 heterocycles. The highest BCUT2D eigenvalue weighted by Gasteiger charge is 2.24. The van der Waals surface area contributed by atoms with Crippen LogP contribution in [-0.2, 0) is 10.2 Å². The van der Waals surface area contributed by atoms with Gasteiger partial charge < -0.3 is 5.32 Å². The molecule has 1 unspecified atom stereocenters. The van der Waals surface area contributed by atoms with Crippen LogP contribution >= 0.6 is 0 Å². The zero-order valence-corrected chi connectivity index (χ0v) is 9.60. The first-order valence-corrected chi connectivity index (χ1v) is 6.42. The molecule has 0 amide bonds. The minimum atomic E-state index is -3.22. The van der Waals surface area contributed by atoms with Gasteiger partial charge in [0.25, 0.3) is 10.2 Å². The molecule has 1 atom stereocenters. The molecule has 0 aromatic carbocycles. The minimum Gasteiger partial charge on any atom is -0.316 e. The zero-order chi connectivity index (χ0) is 10.6. The first-order chi connectivity index (χ1) is 6.56. The van der Waals surface area contributed by atoms with E-state index in [4.69, 9.17) is 0 Å². The van der Waals surface area contributed by atoms with Crippen molar-refractivity contribution in [2.45, 2.75) is 25.8 Å². The fraction of sp³-hybridized carbons (Fsp3) is 1.00. The van der Waals surface area contributed by atoms with E-state index in [0.717, 1.165) is 12.8 Å². The maximum atomic E-state index is 11.6. The molecule has 0 bridgehead atoms. The molecule has 1 aliphatic heterocycles. The van der Waals surface area contributed by atoms with Crippen LogP contribution in [-0.4, -0.2) is 45.4 Å². The molecular weight excluding hydrogens is 202 g/mol. The number of hydrogen-bond donors (Lipinski definition) is 2. The van der Waals surface area contributed by atoms with Crippen molar-refractivity contribution in [3.63, 3.8) is 0 Å². The summed E-state index contributed by atoms with van der Waals surface area (Å²) in [5.41, 5.74) is 0. The largest absolute Gasteiger partial charge is 0.316 e. The van der Waals surface area contributed by atoms with Crippen LogP contribution in [0.15, 0.2) is 0 Å². The minimum absolute atomic E-state index is 0.160. The molecule has 1 aliphatic rings. The Labute approximate surface area is 86.0 Å². The van der Waals surface area contributed by atoms with Crippen molar-refractivity contribution in [3.05, 3.63) is 0 Å². The van der Waals surface area contributed by atoms with Crippen LogP contribution in [0.3, 0.4) is 0 Å². The van der Waals surface area contributed by atoms with Crippen molar-refractivity contribution in [1.82, 2.24) is 14.3 Å². The third kappa shape index (κ3) is 3.20. The Hall–Kier alpha value is -0.170.